The summed E-state index contributed by atoms with van der Waals surface area (Å²) in [6, 6.07) is 9.31. The van der Waals surface area contributed by atoms with Gasteiger partial charge in [-0.2, -0.15) is 0 Å². The predicted octanol–water partition coefficient (Wildman–Crippen LogP) is 1.03. The molecule has 5 heteroatoms. The Morgan fingerprint density at radius 2 is 2.19 bits per heavy atom. The highest BCUT2D eigenvalue weighted by atomic mass is 16.5. The number of aliphatic hydroxyl groups is 1. The first-order chi connectivity index (χ1) is 10.2. The van der Waals surface area contributed by atoms with Gasteiger partial charge < -0.3 is 15.2 Å². The van der Waals surface area contributed by atoms with Gasteiger partial charge in [0, 0.05) is 19.6 Å². The van der Waals surface area contributed by atoms with Crippen molar-refractivity contribution in [1.29, 1.82) is 0 Å². The standard InChI is InChI=1S/C16H24N2O3/c1-2-6-15-16(20)17-9-10-18(15)11-13(19)12-21-14-7-4-3-5-8-14/h3-5,7-8,13,15,19H,2,6,9-12H2,1H3,(H,17,20). The van der Waals surface area contributed by atoms with Crippen LogP contribution in [0.2, 0.25) is 0 Å². The van der Waals surface area contributed by atoms with Crippen LogP contribution in [-0.4, -0.2) is 54.3 Å². The van der Waals surface area contributed by atoms with Crippen molar-refractivity contribution in [3.05, 3.63) is 30.3 Å². The molecule has 5 nitrogen and oxygen atoms in total. The van der Waals surface area contributed by atoms with E-state index in [9.17, 15) is 9.90 Å². The molecule has 1 aliphatic heterocycles. The molecular formula is C16H24N2O3. The lowest BCUT2D eigenvalue weighted by Crippen LogP contribution is -2.57. The Labute approximate surface area is 125 Å². The van der Waals surface area contributed by atoms with Gasteiger partial charge in [0.15, 0.2) is 0 Å². The summed E-state index contributed by atoms with van der Waals surface area (Å²) >= 11 is 0. The Bertz CT molecular complexity index is 438. The zero-order valence-corrected chi connectivity index (χ0v) is 12.5. The summed E-state index contributed by atoms with van der Waals surface area (Å²) in [7, 11) is 0. The number of carbonyl (C=O) groups excluding carboxylic acids is 1. The number of benzene rings is 1. The van der Waals surface area contributed by atoms with Crippen LogP contribution >= 0.6 is 0 Å². The van der Waals surface area contributed by atoms with Gasteiger partial charge in [0.2, 0.25) is 5.91 Å². The number of hydrogen-bond acceptors (Lipinski definition) is 4. The van der Waals surface area contributed by atoms with Crippen molar-refractivity contribution in [2.75, 3.05) is 26.2 Å². The van der Waals surface area contributed by atoms with E-state index in [1.165, 1.54) is 0 Å². The van der Waals surface area contributed by atoms with Crippen LogP contribution in [0.3, 0.4) is 0 Å². The highest BCUT2D eigenvalue weighted by Crippen LogP contribution is 2.13. The fourth-order valence-corrected chi connectivity index (χ4v) is 2.60. The molecule has 1 aromatic rings. The molecule has 2 N–H and O–H groups in total. The van der Waals surface area contributed by atoms with E-state index < -0.39 is 6.10 Å². The van der Waals surface area contributed by atoms with Gasteiger partial charge >= 0.3 is 0 Å². The number of ether oxygens (including phenoxy) is 1. The van der Waals surface area contributed by atoms with Gasteiger partial charge in [-0.25, -0.2) is 0 Å². The first-order valence-electron chi connectivity index (χ1n) is 7.58. The Morgan fingerprint density at radius 1 is 1.43 bits per heavy atom. The van der Waals surface area contributed by atoms with E-state index in [-0.39, 0.29) is 18.6 Å². The number of para-hydroxylation sites is 1. The molecule has 0 spiro atoms. The lowest BCUT2D eigenvalue weighted by atomic mass is 10.1. The fraction of sp³-hybridized carbons (Fsp3) is 0.562. The molecule has 1 aliphatic rings. The second-order valence-electron chi connectivity index (χ2n) is 5.37. The van der Waals surface area contributed by atoms with E-state index in [1.807, 2.05) is 30.3 Å². The van der Waals surface area contributed by atoms with Crippen molar-refractivity contribution < 1.29 is 14.6 Å². The summed E-state index contributed by atoms with van der Waals surface area (Å²) in [6.45, 7) is 4.19. The Morgan fingerprint density at radius 3 is 2.90 bits per heavy atom. The molecule has 2 rings (SSSR count). The molecular weight excluding hydrogens is 268 g/mol. The second kappa shape index (κ2) is 8.00. The molecule has 1 heterocycles. The first-order valence-corrected chi connectivity index (χ1v) is 7.58. The third kappa shape index (κ3) is 4.72. The van der Waals surface area contributed by atoms with Crippen LogP contribution in [0.4, 0.5) is 0 Å². The Balaban J connectivity index is 1.82. The van der Waals surface area contributed by atoms with Gasteiger partial charge in [0.25, 0.3) is 0 Å². The number of nitrogens with one attached hydrogen (secondary N) is 1. The fourth-order valence-electron chi connectivity index (χ4n) is 2.60. The highest BCUT2D eigenvalue weighted by molar-refractivity contribution is 5.82. The van der Waals surface area contributed by atoms with Crippen LogP contribution in [0.5, 0.6) is 5.75 Å². The Hall–Kier alpha value is -1.59. The maximum Gasteiger partial charge on any atom is 0.237 e. The molecule has 1 fully saturated rings. The van der Waals surface area contributed by atoms with Crippen molar-refractivity contribution in [2.24, 2.45) is 0 Å². The van der Waals surface area contributed by atoms with Crippen LogP contribution in [0.25, 0.3) is 0 Å². The van der Waals surface area contributed by atoms with Gasteiger partial charge in [-0.1, -0.05) is 31.5 Å². The number of piperazine rings is 1. The molecule has 1 aromatic carbocycles. The molecule has 0 bridgehead atoms. The van der Waals surface area contributed by atoms with Gasteiger partial charge in [0.05, 0.1) is 6.04 Å². The van der Waals surface area contributed by atoms with Crippen LogP contribution in [0.1, 0.15) is 19.8 Å². The van der Waals surface area contributed by atoms with E-state index in [1.54, 1.807) is 0 Å². The summed E-state index contributed by atoms with van der Waals surface area (Å²) in [5.41, 5.74) is 0. The molecule has 1 amide bonds. The average Bonchev–Trinajstić information content (AvgIpc) is 2.50. The van der Waals surface area contributed by atoms with E-state index in [0.29, 0.717) is 13.1 Å². The quantitative estimate of drug-likeness (QED) is 0.788. The first kappa shape index (κ1) is 15.8. The zero-order valence-electron chi connectivity index (χ0n) is 12.5. The van der Waals surface area contributed by atoms with Crippen molar-refractivity contribution in [1.82, 2.24) is 10.2 Å². The van der Waals surface area contributed by atoms with Gasteiger partial charge in [0.1, 0.15) is 18.5 Å². The lowest BCUT2D eigenvalue weighted by Gasteiger charge is -2.36. The van der Waals surface area contributed by atoms with Gasteiger partial charge in [-0.15, -0.1) is 0 Å². The molecule has 2 unspecified atom stereocenters. The molecule has 0 aliphatic carbocycles. The maximum absolute atomic E-state index is 11.9. The lowest BCUT2D eigenvalue weighted by molar-refractivity contribution is -0.130. The maximum atomic E-state index is 11.9. The molecule has 0 saturated carbocycles. The number of carbonyl (C=O) groups is 1. The summed E-state index contributed by atoms with van der Waals surface area (Å²) in [6.07, 6.45) is 1.17. The average molecular weight is 292 g/mol. The van der Waals surface area contributed by atoms with Gasteiger partial charge in [-0.3, -0.25) is 9.69 Å². The second-order valence-corrected chi connectivity index (χ2v) is 5.37. The van der Waals surface area contributed by atoms with Crippen LogP contribution in [0, 0.1) is 0 Å². The number of rotatable bonds is 7. The summed E-state index contributed by atoms with van der Waals surface area (Å²) < 4.78 is 5.55. The minimum Gasteiger partial charge on any atom is -0.491 e. The monoisotopic (exact) mass is 292 g/mol. The predicted molar refractivity (Wildman–Crippen MR) is 81.2 cm³/mol. The van der Waals surface area contributed by atoms with Crippen LogP contribution in [-0.2, 0) is 4.79 Å². The minimum atomic E-state index is -0.601. The van der Waals surface area contributed by atoms with Crippen molar-refractivity contribution >= 4 is 5.91 Å². The smallest absolute Gasteiger partial charge is 0.237 e. The van der Waals surface area contributed by atoms with E-state index in [2.05, 4.69) is 17.1 Å². The van der Waals surface area contributed by atoms with E-state index in [4.69, 9.17) is 4.74 Å². The number of hydrogen-bond donors (Lipinski definition) is 2. The molecule has 21 heavy (non-hydrogen) atoms. The molecule has 0 aromatic heterocycles. The molecule has 1 saturated heterocycles. The van der Waals surface area contributed by atoms with Crippen molar-refractivity contribution in [2.45, 2.75) is 31.9 Å². The van der Waals surface area contributed by atoms with Crippen molar-refractivity contribution in [3.63, 3.8) is 0 Å². The third-order valence-electron chi connectivity index (χ3n) is 3.63. The highest BCUT2D eigenvalue weighted by Gasteiger charge is 2.29. The van der Waals surface area contributed by atoms with Gasteiger partial charge in [-0.05, 0) is 18.6 Å². The van der Waals surface area contributed by atoms with Crippen LogP contribution < -0.4 is 10.1 Å². The molecule has 2 atom stereocenters. The minimum absolute atomic E-state index is 0.0688. The number of β-amino-alcohol motifs (C(OH)–C–C–N with tert-alkyl or cyclic N) is 1. The third-order valence-corrected chi connectivity index (χ3v) is 3.63. The summed E-state index contributed by atoms with van der Waals surface area (Å²) in [4.78, 5) is 13.9. The van der Waals surface area contributed by atoms with Crippen molar-refractivity contribution in [3.8, 4) is 5.75 Å². The summed E-state index contributed by atoms with van der Waals surface area (Å²) in [5.74, 6) is 0.817. The number of aliphatic hydroxyl groups excluding tert-OH is 1. The Kier molecular flexibility index (Phi) is 6.02. The number of amides is 1. The SMILES string of the molecule is CCCC1C(=O)NCCN1CC(O)COc1ccccc1. The normalized spacial score (nSPS) is 20.9. The van der Waals surface area contributed by atoms with Crippen LogP contribution in [0.15, 0.2) is 30.3 Å². The topological polar surface area (TPSA) is 61.8 Å². The number of nitrogens with zero attached hydrogens (tertiary/aromatic N) is 1. The van der Waals surface area contributed by atoms with E-state index >= 15 is 0 Å². The molecule has 0 radical (unpaired) electrons. The molecule has 116 valence electrons. The largest absolute Gasteiger partial charge is 0.491 e. The zero-order chi connectivity index (χ0) is 15.1. The van der Waals surface area contributed by atoms with E-state index in [0.717, 1.165) is 25.1 Å². The summed E-state index contributed by atoms with van der Waals surface area (Å²) in [5, 5.41) is 13.0.